The molecule has 0 radical (unpaired) electrons. The number of ether oxygens (including phenoxy) is 2. The first-order valence-electron chi connectivity index (χ1n) is 7.53. The number of anilines is 1. The number of nitrogens with one attached hydrogen (secondary N) is 1. The summed E-state index contributed by atoms with van der Waals surface area (Å²) in [6, 6.07) is 13.7. The summed E-state index contributed by atoms with van der Waals surface area (Å²) >= 11 is 0. The molecule has 0 atom stereocenters. The normalized spacial score (nSPS) is 10.0. The Morgan fingerprint density at radius 3 is 2.08 bits per heavy atom. The summed E-state index contributed by atoms with van der Waals surface area (Å²) in [5.74, 6) is 0.131. The van der Waals surface area contributed by atoms with E-state index >= 15 is 0 Å². The van der Waals surface area contributed by atoms with Crippen LogP contribution in [-0.4, -0.2) is 30.2 Å². The van der Waals surface area contributed by atoms with Gasteiger partial charge >= 0.3 is 5.97 Å². The fourth-order valence-electron chi connectivity index (χ4n) is 2.03. The lowest BCUT2D eigenvalue weighted by Crippen LogP contribution is -2.20. The van der Waals surface area contributed by atoms with Gasteiger partial charge in [-0.3, -0.25) is 9.59 Å². The summed E-state index contributed by atoms with van der Waals surface area (Å²) in [4.78, 5) is 22.5. The maximum Gasteiger partial charge on any atom is 0.307 e. The molecular formula is C18H19NO5. The van der Waals surface area contributed by atoms with Crippen LogP contribution in [0, 0.1) is 0 Å². The Morgan fingerprint density at radius 2 is 1.54 bits per heavy atom. The minimum atomic E-state index is -0.893. The summed E-state index contributed by atoms with van der Waals surface area (Å²) in [5.41, 5.74) is 1.26. The number of hydrogen-bond donors (Lipinski definition) is 2. The zero-order valence-electron chi connectivity index (χ0n) is 13.3. The third-order valence-corrected chi connectivity index (χ3v) is 3.10. The number of amides is 1. The number of benzene rings is 2. The van der Waals surface area contributed by atoms with E-state index in [0.717, 1.165) is 5.75 Å². The van der Waals surface area contributed by atoms with E-state index in [2.05, 4.69) is 5.32 Å². The predicted octanol–water partition coefficient (Wildman–Crippen LogP) is 2.73. The van der Waals surface area contributed by atoms with Crippen molar-refractivity contribution in [2.75, 3.05) is 18.5 Å². The smallest absolute Gasteiger partial charge is 0.307 e. The molecule has 0 aliphatic rings. The topological polar surface area (TPSA) is 84.9 Å². The molecule has 126 valence electrons. The average Bonchev–Trinajstić information content (AvgIpc) is 2.56. The highest BCUT2D eigenvalue weighted by atomic mass is 16.5. The molecule has 0 saturated carbocycles. The van der Waals surface area contributed by atoms with Crippen LogP contribution in [0.15, 0.2) is 48.5 Å². The van der Waals surface area contributed by atoms with E-state index in [1.54, 1.807) is 48.5 Å². The Morgan fingerprint density at radius 1 is 0.958 bits per heavy atom. The molecule has 0 bridgehead atoms. The fourth-order valence-corrected chi connectivity index (χ4v) is 2.03. The second-order valence-corrected chi connectivity index (χ2v) is 5.01. The van der Waals surface area contributed by atoms with Crippen molar-refractivity contribution in [3.8, 4) is 11.5 Å². The molecule has 2 rings (SSSR count). The Kier molecular flexibility index (Phi) is 6.19. The predicted molar refractivity (Wildman–Crippen MR) is 89.5 cm³/mol. The lowest BCUT2D eigenvalue weighted by Gasteiger charge is -2.09. The monoisotopic (exact) mass is 329 g/mol. The number of aliphatic carboxylic acids is 1. The Bertz CT molecular complexity index is 680. The van der Waals surface area contributed by atoms with Crippen LogP contribution in [0.1, 0.15) is 12.5 Å². The van der Waals surface area contributed by atoms with Crippen molar-refractivity contribution in [1.82, 2.24) is 0 Å². The first kappa shape index (κ1) is 17.3. The van der Waals surface area contributed by atoms with Gasteiger partial charge in [0.1, 0.15) is 11.5 Å². The number of hydrogen-bond acceptors (Lipinski definition) is 4. The van der Waals surface area contributed by atoms with E-state index < -0.39 is 5.97 Å². The molecular weight excluding hydrogens is 310 g/mol. The van der Waals surface area contributed by atoms with Crippen molar-refractivity contribution < 1.29 is 24.2 Å². The zero-order chi connectivity index (χ0) is 17.4. The van der Waals surface area contributed by atoms with Gasteiger partial charge in [-0.25, -0.2) is 0 Å². The lowest BCUT2D eigenvalue weighted by molar-refractivity contribution is -0.136. The quantitative estimate of drug-likeness (QED) is 0.778. The molecule has 0 aromatic heterocycles. The van der Waals surface area contributed by atoms with Gasteiger partial charge in [0.25, 0.3) is 5.91 Å². The van der Waals surface area contributed by atoms with E-state index in [1.165, 1.54) is 0 Å². The van der Waals surface area contributed by atoms with Crippen LogP contribution >= 0.6 is 0 Å². The fraction of sp³-hybridized carbons (Fsp3) is 0.222. The summed E-state index contributed by atoms with van der Waals surface area (Å²) in [6.07, 6.45) is -0.0465. The van der Waals surface area contributed by atoms with Gasteiger partial charge in [0.15, 0.2) is 6.61 Å². The third kappa shape index (κ3) is 5.64. The molecule has 2 N–H and O–H groups in total. The maximum atomic E-state index is 11.9. The lowest BCUT2D eigenvalue weighted by atomic mass is 10.1. The third-order valence-electron chi connectivity index (χ3n) is 3.10. The van der Waals surface area contributed by atoms with Crippen molar-refractivity contribution in [3.05, 3.63) is 54.1 Å². The van der Waals surface area contributed by atoms with Gasteiger partial charge in [-0.05, 0) is 48.9 Å². The van der Waals surface area contributed by atoms with E-state index in [9.17, 15) is 9.59 Å². The molecule has 0 fully saturated rings. The average molecular weight is 329 g/mol. The highest BCUT2D eigenvalue weighted by Gasteiger charge is 2.05. The molecule has 2 aromatic rings. The van der Waals surface area contributed by atoms with Crippen LogP contribution in [0.25, 0.3) is 0 Å². The van der Waals surface area contributed by atoms with E-state index in [-0.39, 0.29) is 18.9 Å². The number of carbonyl (C=O) groups is 2. The molecule has 0 unspecified atom stereocenters. The van der Waals surface area contributed by atoms with Crippen LogP contribution in [0.3, 0.4) is 0 Å². The molecule has 6 heteroatoms. The number of rotatable bonds is 8. The van der Waals surface area contributed by atoms with Gasteiger partial charge in [0.05, 0.1) is 13.0 Å². The van der Waals surface area contributed by atoms with Crippen molar-refractivity contribution in [3.63, 3.8) is 0 Å². The molecule has 6 nitrogen and oxygen atoms in total. The number of carbonyl (C=O) groups excluding carboxylic acids is 1. The molecule has 0 aliphatic carbocycles. The Balaban J connectivity index is 1.81. The van der Waals surface area contributed by atoms with Gasteiger partial charge in [0, 0.05) is 5.69 Å². The minimum absolute atomic E-state index is 0.0465. The zero-order valence-corrected chi connectivity index (χ0v) is 13.3. The molecule has 1 amide bonds. The van der Waals surface area contributed by atoms with E-state index in [1.807, 2.05) is 6.92 Å². The summed E-state index contributed by atoms with van der Waals surface area (Å²) in [6.45, 7) is 2.38. The van der Waals surface area contributed by atoms with Gasteiger partial charge < -0.3 is 19.9 Å². The van der Waals surface area contributed by atoms with Crippen LogP contribution in [-0.2, 0) is 16.0 Å². The van der Waals surface area contributed by atoms with Gasteiger partial charge in [0.2, 0.25) is 0 Å². The van der Waals surface area contributed by atoms with Crippen LogP contribution < -0.4 is 14.8 Å². The van der Waals surface area contributed by atoms with E-state index in [4.69, 9.17) is 14.6 Å². The van der Waals surface area contributed by atoms with Crippen LogP contribution in [0.2, 0.25) is 0 Å². The Hall–Kier alpha value is -3.02. The van der Waals surface area contributed by atoms with Crippen molar-refractivity contribution in [1.29, 1.82) is 0 Å². The van der Waals surface area contributed by atoms with Crippen molar-refractivity contribution in [2.45, 2.75) is 13.3 Å². The highest BCUT2D eigenvalue weighted by Crippen LogP contribution is 2.17. The Labute approximate surface area is 140 Å². The largest absolute Gasteiger partial charge is 0.494 e. The van der Waals surface area contributed by atoms with Crippen molar-refractivity contribution in [2.24, 2.45) is 0 Å². The second-order valence-electron chi connectivity index (χ2n) is 5.01. The molecule has 0 heterocycles. The van der Waals surface area contributed by atoms with Gasteiger partial charge in [-0.2, -0.15) is 0 Å². The first-order valence-corrected chi connectivity index (χ1v) is 7.53. The SMILES string of the molecule is CCOc1ccc(OCC(=O)Nc2ccc(CC(=O)O)cc2)cc1. The van der Waals surface area contributed by atoms with Crippen molar-refractivity contribution >= 4 is 17.6 Å². The molecule has 24 heavy (non-hydrogen) atoms. The van der Waals surface area contributed by atoms with E-state index in [0.29, 0.717) is 23.6 Å². The summed E-state index contributed by atoms with van der Waals surface area (Å²) in [7, 11) is 0. The standard InChI is InChI=1S/C18H19NO5/c1-2-23-15-7-9-16(10-8-15)24-12-17(20)19-14-5-3-13(4-6-14)11-18(21)22/h3-10H,2,11-12H2,1H3,(H,19,20)(H,21,22). The molecule has 0 spiro atoms. The second kappa shape index (κ2) is 8.57. The summed E-state index contributed by atoms with van der Waals surface area (Å²) < 4.78 is 10.7. The number of carboxylic acid groups (broad SMARTS) is 1. The maximum absolute atomic E-state index is 11.9. The summed E-state index contributed by atoms with van der Waals surface area (Å²) in [5, 5.41) is 11.4. The highest BCUT2D eigenvalue weighted by molar-refractivity contribution is 5.91. The van der Waals surface area contributed by atoms with Crippen LogP contribution in [0.5, 0.6) is 11.5 Å². The molecule has 0 saturated heterocycles. The first-order chi connectivity index (χ1) is 11.6. The number of carboxylic acids is 1. The minimum Gasteiger partial charge on any atom is -0.494 e. The van der Waals surface area contributed by atoms with Gasteiger partial charge in [-0.15, -0.1) is 0 Å². The van der Waals surface area contributed by atoms with Crippen LogP contribution in [0.4, 0.5) is 5.69 Å². The van der Waals surface area contributed by atoms with Gasteiger partial charge in [-0.1, -0.05) is 12.1 Å². The molecule has 2 aromatic carbocycles. The molecule has 0 aliphatic heterocycles.